The number of aromatic amines is 1. The number of H-pyrrole nitrogens is 1. The van der Waals surface area contributed by atoms with Crippen molar-refractivity contribution in [2.24, 2.45) is 0 Å². The Morgan fingerprint density at radius 3 is 2.63 bits per heavy atom. The maximum absolute atomic E-state index is 13.2. The van der Waals surface area contributed by atoms with Gasteiger partial charge in [0.25, 0.3) is 5.91 Å². The fourth-order valence-corrected chi connectivity index (χ4v) is 5.91. The number of carbonyl (C=O) groups excluding carboxylic acids is 2. The van der Waals surface area contributed by atoms with E-state index in [-0.39, 0.29) is 11.8 Å². The van der Waals surface area contributed by atoms with Crippen LogP contribution in [-0.4, -0.2) is 102 Å². The Hall–Kier alpha value is -4.64. The molecule has 224 valence electrons. The largest absolute Gasteiger partial charge is 0.496 e. The first kappa shape index (κ1) is 28.5. The molecule has 0 atom stereocenters. The lowest BCUT2D eigenvalue weighted by atomic mass is 9.98. The Labute approximate surface area is 251 Å². The Morgan fingerprint density at radius 1 is 1.05 bits per heavy atom. The highest BCUT2D eigenvalue weighted by atomic mass is 16.5. The van der Waals surface area contributed by atoms with Crippen LogP contribution in [0.15, 0.2) is 54.9 Å². The van der Waals surface area contributed by atoms with Gasteiger partial charge in [-0.2, -0.15) is 0 Å². The fraction of sp³-hybridized carbons (Fsp3) is 0.375. The van der Waals surface area contributed by atoms with Crippen molar-refractivity contribution in [1.82, 2.24) is 35.1 Å². The zero-order chi connectivity index (χ0) is 29.9. The molecule has 2 aromatic heterocycles. The van der Waals surface area contributed by atoms with Gasteiger partial charge in [-0.25, -0.2) is 0 Å². The molecule has 0 unspecified atom stereocenters. The summed E-state index contributed by atoms with van der Waals surface area (Å²) in [5.74, 6) is 0.776. The van der Waals surface area contributed by atoms with E-state index in [0.717, 1.165) is 77.3 Å². The molecule has 4 aromatic rings. The molecule has 0 spiro atoms. The van der Waals surface area contributed by atoms with Crippen LogP contribution in [-0.2, 0) is 11.3 Å². The predicted octanol–water partition coefficient (Wildman–Crippen LogP) is 3.25. The van der Waals surface area contributed by atoms with Crippen LogP contribution in [0, 0.1) is 0 Å². The third-order valence-corrected chi connectivity index (χ3v) is 8.22. The van der Waals surface area contributed by atoms with E-state index in [9.17, 15) is 9.59 Å². The van der Waals surface area contributed by atoms with Gasteiger partial charge in [0.15, 0.2) is 0 Å². The number of hydrogen-bond donors (Lipinski definition) is 2. The third kappa shape index (κ3) is 5.98. The number of nitrogens with zero attached hydrogens (tertiary/aromatic N) is 6. The van der Waals surface area contributed by atoms with Crippen LogP contribution in [0.1, 0.15) is 28.9 Å². The van der Waals surface area contributed by atoms with E-state index in [0.29, 0.717) is 31.6 Å². The van der Waals surface area contributed by atoms with Gasteiger partial charge in [0, 0.05) is 106 Å². The van der Waals surface area contributed by atoms with Gasteiger partial charge in [-0.1, -0.05) is 11.3 Å². The van der Waals surface area contributed by atoms with Gasteiger partial charge in [-0.3, -0.25) is 14.3 Å². The summed E-state index contributed by atoms with van der Waals surface area (Å²) in [7, 11) is 5.21. The van der Waals surface area contributed by atoms with E-state index in [2.05, 4.69) is 55.9 Å². The molecule has 0 aliphatic carbocycles. The first-order valence-corrected chi connectivity index (χ1v) is 14.7. The van der Waals surface area contributed by atoms with Crippen molar-refractivity contribution in [2.75, 3.05) is 65.4 Å². The van der Waals surface area contributed by atoms with E-state index < -0.39 is 0 Å². The quantitative estimate of drug-likeness (QED) is 0.328. The van der Waals surface area contributed by atoms with Gasteiger partial charge < -0.3 is 29.7 Å². The number of anilines is 1. The average Bonchev–Trinajstić information content (AvgIpc) is 3.73. The number of aromatic nitrogens is 4. The molecule has 6 rings (SSSR count). The minimum Gasteiger partial charge on any atom is -0.496 e. The maximum Gasteiger partial charge on any atom is 0.253 e. The molecule has 11 heteroatoms. The standard InChI is InChI=1S/C32H38N8O3/c1-37(2)32(42)24-17-23-19-28(22-5-4-12-39(21-22)30(41)8-13-40-16-11-34-36-40)35-31(23)27(18-24)26-7-6-25(20-29(26)43-3)38-14-9-33-10-15-38/h5-7,11,16-20,33,35H,4,8-10,12-15,21H2,1-3H3. The Balaban J connectivity index is 1.34. The normalized spacial score (nSPS) is 15.5. The first-order chi connectivity index (χ1) is 20.9. The number of carbonyl (C=O) groups is 2. The number of aryl methyl sites for hydroxylation is 1. The van der Waals surface area contributed by atoms with Crippen LogP contribution in [0.3, 0.4) is 0 Å². The second-order valence-electron chi connectivity index (χ2n) is 11.2. The van der Waals surface area contributed by atoms with E-state index in [1.807, 2.05) is 17.0 Å². The Morgan fingerprint density at radius 2 is 1.88 bits per heavy atom. The summed E-state index contributed by atoms with van der Waals surface area (Å²) >= 11 is 0. The molecule has 2 amide bonds. The summed E-state index contributed by atoms with van der Waals surface area (Å²) in [6, 6.07) is 12.3. The van der Waals surface area contributed by atoms with Crippen LogP contribution < -0.4 is 15.0 Å². The second-order valence-corrected chi connectivity index (χ2v) is 11.2. The summed E-state index contributed by atoms with van der Waals surface area (Å²) in [5, 5.41) is 12.1. The fourth-order valence-electron chi connectivity index (χ4n) is 5.91. The van der Waals surface area contributed by atoms with Crippen molar-refractivity contribution in [3.05, 3.63) is 66.1 Å². The number of hydrogen-bond acceptors (Lipinski definition) is 7. The summed E-state index contributed by atoms with van der Waals surface area (Å²) in [6.45, 7) is 5.48. The molecule has 2 aliphatic heterocycles. The summed E-state index contributed by atoms with van der Waals surface area (Å²) in [4.78, 5) is 35.7. The molecular formula is C32H38N8O3. The van der Waals surface area contributed by atoms with Crippen LogP contribution in [0.5, 0.6) is 5.75 Å². The first-order valence-electron chi connectivity index (χ1n) is 14.7. The van der Waals surface area contributed by atoms with E-state index >= 15 is 0 Å². The molecule has 0 bridgehead atoms. The minimum absolute atomic E-state index is 0.0664. The highest BCUT2D eigenvalue weighted by Gasteiger charge is 2.23. The number of nitrogens with one attached hydrogen (secondary N) is 2. The SMILES string of the molecule is COc1cc(N2CCNCC2)ccc1-c1cc(C(=O)N(C)C)cc2cc(C3=CCCN(C(=O)CCn4ccnn4)C3)[nH]c12. The molecule has 2 aromatic carbocycles. The number of rotatable bonds is 8. The van der Waals surface area contributed by atoms with Gasteiger partial charge >= 0.3 is 0 Å². The maximum atomic E-state index is 13.2. The highest BCUT2D eigenvalue weighted by Crippen LogP contribution is 2.39. The molecule has 1 saturated heterocycles. The second kappa shape index (κ2) is 12.3. The number of benzene rings is 2. The van der Waals surface area contributed by atoms with Crippen LogP contribution in [0.25, 0.3) is 27.6 Å². The van der Waals surface area contributed by atoms with Crippen LogP contribution in [0.4, 0.5) is 5.69 Å². The van der Waals surface area contributed by atoms with Gasteiger partial charge in [0.2, 0.25) is 5.91 Å². The number of piperazine rings is 1. The van der Waals surface area contributed by atoms with Crippen molar-refractivity contribution < 1.29 is 14.3 Å². The van der Waals surface area contributed by atoms with Crippen LogP contribution in [0.2, 0.25) is 0 Å². The monoisotopic (exact) mass is 582 g/mol. The number of amides is 2. The third-order valence-electron chi connectivity index (χ3n) is 8.22. The number of ether oxygens (including phenoxy) is 1. The summed E-state index contributed by atoms with van der Waals surface area (Å²) in [6.07, 6.45) is 6.72. The summed E-state index contributed by atoms with van der Waals surface area (Å²) in [5.41, 5.74) is 6.46. The molecule has 0 saturated carbocycles. The Bertz CT molecular complexity index is 1650. The van der Waals surface area contributed by atoms with Crippen molar-refractivity contribution in [3.63, 3.8) is 0 Å². The highest BCUT2D eigenvalue weighted by molar-refractivity contribution is 6.05. The number of methoxy groups -OCH3 is 1. The molecule has 2 N–H and O–H groups in total. The average molecular weight is 583 g/mol. The van der Waals surface area contributed by atoms with Crippen molar-refractivity contribution >= 4 is 34.0 Å². The lowest BCUT2D eigenvalue weighted by Gasteiger charge is -2.30. The van der Waals surface area contributed by atoms with E-state index in [4.69, 9.17) is 4.74 Å². The van der Waals surface area contributed by atoms with E-state index in [1.165, 1.54) is 0 Å². The Kier molecular flexibility index (Phi) is 8.15. The molecular weight excluding hydrogens is 544 g/mol. The van der Waals surface area contributed by atoms with E-state index in [1.54, 1.807) is 43.2 Å². The van der Waals surface area contributed by atoms with Crippen molar-refractivity contribution in [3.8, 4) is 16.9 Å². The molecule has 1 fully saturated rings. The smallest absolute Gasteiger partial charge is 0.253 e. The van der Waals surface area contributed by atoms with Crippen molar-refractivity contribution in [2.45, 2.75) is 19.4 Å². The van der Waals surface area contributed by atoms with Crippen LogP contribution >= 0.6 is 0 Å². The lowest BCUT2D eigenvalue weighted by molar-refractivity contribution is -0.131. The zero-order valence-electron chi connectivity index (χ0n) is 25.0. The van der Waals surface area contributed by atoms with Gasteiger partial charge in [-0.05, 0) is 42.3 Å². The number of fused-ring (bicyclic) bond motifs is 1. The molecule has 2 aliphatic rings. The molecule has 11 nitrogen and oxygen atoms in total. The van der Waals surface area contributed by atoms with Crippen molar-refractivity contribution in [1.29, 1.82) is 0 Å². The minimum atomic E-state index is -0.0664. The molecule has 0 radical (unpaired) electrons. The predicted molar refractivity (Wildman–Crippen MR) is 167 cm³/mol. The lowest BCUT2D eigenvalue weighted by Crippen LogP contribution is -2.43. The van der Waals surface area contributed by atoms with Gasteiger partial charge in [0.1, 0.15) is 5.75 Å². The molecule has 4 heterocycles. The summed E-state index contributed by atoms with van der Waals surface area (Å²) < 4.78 is 7.60. The zero-order valence-corrected chi connectivity index (χ0v) is 25.0. The topological polar surface area (TPSA) is 112 Å². The van der Waals surface area contributed by atoms with Gasteiger partial charge in [0.05, 0.1) is 25.4 Å². The molecule has 43 heavy (non-hydrogen) atoms. The van der Waals surface area contributed by atoms with Gasteiger partial charge in [-0.15, -0.1) is 5.10 Å².